The van der Waals surface area contributed by atoms with Gasteiger partial charge in [0, 0.05) is 11.8 Å². The van der Waals surface area contributed by atoms with Crippen molar-refractivity contribution in [2.75, 3.05) is 12.4 Å². The fraction of sp³-hybridized carbons (Fsp3) is 0.458. The van der Waals surface area contributed by atoms with Gasteiger partial charge in [0.1, 0.15) is 23.7 Å². The van der Waals surface area contributed by atoms with Crippen molar-refractivity contribution in [3.05, 3.63) is 82.2 Å². The van der Waals surface area contributed by atoms with Gasteiger partial charge in [0.2, 0.25) is 0 Å². The Morgan fingerprint density at radius 1 is 1.06 bits per heavy atom. The van der Waals surface area contributed by atoms with Crippen molar-refractivity contribution in [1.82, 2.24) is 0 Å². The van der Waals surface area contributed by atoms with Gasteiger partial charge in [-0.2, -0.15) is 0 Å². The minimum atomic E-state index is -0.786. The highest BCUT2D eigenvalue weighted by Crippen LogP contribution is 2.34. The maximum atomic E-state index is 12.0. The molecule has 33 heavy (non-hydrogen) atoms. The van der Waals surface area contributed by atoms with Crippen molar-refractivity contribution < 1.29 is 23.7 Å². The normalized spacial score (nSPS) is 24.6. The fourth-order valence-electron chi connectivity index (χ4n) is 3.67. The molecule has 0 amide bonds. The average Bonchev–Trinajstić information content (AvgIpc) is 2.82. The fourth-order valence-corrected chi connectivity index (χ4v) is 4.63. The van der Waals surface area contributed by atoms with Crippen LogP contribution in [0.25, 0.3) is 10.4 Å². The van der Waals surface area contributed by atoms with Gasteiger partial charge < -0.3 is 18.9 Å². The van der Waals surface area contributed by atoms with Crippen LogP contribution in [0.4, 0.5) is 0 Å². The maximum Gasteiger partial charge on any atom is 0.303 e. The second kappa shape index (κ2) is 13.2. The molecule has 0 radical (unpaired) electrons. The van der Waals surface area contributed by atoms with E-state index in [1.54, 1.807) is 0 Å². The first kappa shape index (κ1) is 25.1. The van der Waals surface area contributed by atoms with Gasteiger partial charge >= 0.3 is 5.97 Å². The zero-order chi connectivity index (χ0) is 23.5. The molecular weight excluding hydrogens is 442 g/mol. The number of carbonyl (C=O) groups is 1. The van der Waals surface area contributed by atoms with E-state index in [2.05, 4.69) is 10.0 Å². The van der Waals surface area contributed by atoms with Gasteiger partial charge in [-0.05, 0) is 22.4 Å². The molecule has 1 saturated heterocycles. The minimum Gasteiger partial charge on any atom is -0.457 e. The Morgan fingerprint density at radius 2 is 1.70 bits per heavy atom. The van der Waals surface area contributed by atoms with E-state index in [0.29, 0.717) is 6.61 Å². The van der Waals surface area contributed by atoms with Crippen LogP contribution in [-0.2, 0) is 37.0 Å². The second-order valence-corrected chi connectivity index (χ2v) is 8.91. The summed E-state index contributed by atoms with van der Waals surface area (Å²) in [5.74, 6) is 0.287. The molecule has 1 aliphatic rings. The van der Waals surface area contributed by atoms with Crippen LogP contribution in [-0.4, -0.2) is 48.1 Å². The Hall–Kier alpha value is -2.55. The first-order valence-electron chi connectivity index (χ1n) is 10.9. The van der Waals surface area contributed by atoms with E-state index in [4.69, 9.17) is 18.9 Å². The topological polar surface area (TPSA) is 103 Å². The van der Waals surface area contributed by atoms with Crippen LogP contribution in [0.3, 0.4) is 0 Å². The molecule has 0 bridgehead atoms. The summed E-state index contributed by atoms with van der Waals surface area (Å²) in [5, 5.41) is 3.97. The summed E-state index contributed by atoms with van der Waals surface area (Å²) in [7, 11) is 0. The van der Waals surface area contributed by atoms with Crippen molar-refractivity contribution in [2.24, 2.45) is 5.11 Å². The molecule has 0 N–H and O–H groups in total. The molecule has 1 aliphatic heterocycles. The highest BCUT2D eigenvalue weighted by Gasteiger charge is 2.48. The molecule has 5 atom stereocenters. The number of hydrogen-bond donors (Lipinski definition) is 0. The van der Waals surface area contributed by atoms with Crippen LogP contribution in [0.1, 0.15) is 25.0 Å². The van der Waals surface area contributed by atoms with Crippen molar-refractivity contribution in [3.8, 4) is 0 Å². The molecule has 1 fully saturated rings. The van der Waals surface area contributed by atoms with Crippen LogP contribution in [0, 0.1) is 0 Å². The summed E-state index contributed by atoms with van der Waals surface area (Å²) < 4.78 is 24.0. The SMILES string of the molecule is CCSC1OC(COCc2ccccc2)C(OC(C)=O)C(OCc2ccccc2)C1N=[N+]=[N-]. The van der Waals surface area contributed by atoms with Gasteiger partial charge in [0.15, 0.2) is 6.10 Å². The predicted molar refractivity (Wildman–Crippen MR) is 126 cm³/mol. The van der Waals surface area contributed by atoms with Crippen LogP contribution >= 0.6 is 11.8 Å². The summed E-state index contributed by atoms with van der Waals surface area (Å²) in [6, 6.07) is 18.8. The number of carbonyl (C=O) groups excluding carboxylic acids is 1. The summed E-state index contributed by atoms with van der Waals surface area (Å²) in [5.41, 5.74) is 10.7. The third kappa shape index (κ3) is 7.48. The van der Waals surface area contributed by atoms with E-state index in [-0.39, 0.29) is 13.2 Å². The van der Waals surface area contributed by atoms with Gasteiger partial charge in [0.05, 0.1) is 19.8 Å². The summed E-state index contributed by atoms with van der Waals surface area (Å²) in [6.07, 6.45) is -2.05. The molecule has 8 nitrogen and oxygen atoms in total. The van der Waals surface area contributed by atoms with Crippen LogP contribution in [0.15, 0.2) is 65.8 Å². The minimum absolute atomic E-state index is 0.196. The Labute approximate surface area is 198 Å². The van der Waals surface area contributed by atoms with E-state index in [0.717, 1.165) is 16.9 Å². The molecule has 176 valence electrons. The highest BCUT2D eigenvalue weighted by atomic mass is 32.2. The third-order valence-electron chi connectivity index (χ3n) is 5.11. The lowest BCUT2D eigenvalue weighted by atomic mass is 9.98. The number of rotatable bonds is 11. The van der Waals surface area contributed by atoms with Gasteiger partial charge in [0.25, 0.3) is 0 Å². The standard InChI is InChI=1S/C24H29N3O5S/c1-3-33-24-21(26-27-25)23(30-15-19-12-8-5-9-13-19)22(31-17(2)28)20(32-24)16-29-14-18-10-6-4-7-11-18/h4-13,20-24H,3,14-16H2,1-2H3. The van der Waals surface area contributed by atoms with Gasteiger partial charge in [-0.1, -0.05) is 72.7 Å². The van der Waals surface area contributed by atoms with Crippen LogP contribution < -0.4 is 0 Å². The first-order valence-corrected chi connectivity index (χ1v) is 11.9. The number of benzene rings is 2. The zero-order valence-electron chi connectivity index (χ0n) is 18.8. The van der Waals surface area contributed by atoms with Crippen LogP contribution in [0.5, 0.6) is 0 Å². The van der Waals surface area contributed by atoms with E-state index < -0.39 is 35.8 Å². The lowest BCUT2D eigenvalue weighted by Crippen LogP contribution is -2.59. The molecular formula is C24H29N3O5S. The largest absolute Gasteiger partial charge is 0.457 e. The Balaban J connectivity index is 1.81. The number of ether oxygens (including phenoxy) is 4. The Kier molecular flexibility index (Phi) is 10.1. The van der Waals surface area contributed by atoms with Gasteiger partial charge in [-0.25, -0.2) is 0 Å². The maximum absolute atomic E-state index is 12.0. The van der Waals surface area contributed by atoms with E-state index in [1.165, 1.54) is 18.7 Å². The third-order valence-corrected chi connectivity index (χ3v) is 6.16. The zero-order valence-corrected chi connectivity index (χ0v) is 19.6. The quantitative estimate of drug-likeness (QED) is 0.200. The molecule has 2 aromatic carbocycles. The van der Waals surface area contributed by atoms with Gasteiger partial charge in [-0.15, -0.1) is 11.8 Å². The molecule has 0 aliphatic carbocycles. The molecule has 0 aromatic heterocycles. The number of thioether (sulfide) groups is 1. The summed E-state index contributed by atoms with van der Waals surface area (Å²) in [4.78, 5) is 15.0. The monoisotopic (exact) mass is 471 g/mol. The summed E-state index contributed by atoms with van der Waals surface area (Å²) in [6.45, 7) is 4.21. The van der Waals surface area contributed by atoms with Crippen LogP contribution in [0.2, 0.25) is 0 Å². The van der Waals surface area contributed by atoms with Crippen molar-refractivity contribution in [1.29, 1.82) is 0 Å². The molecule has 2 aromatic rings. The van der Waals surface area contributed by atoms with Crippen molar-refractivity contribution in [2.45, 2.75) is 56.9 Å². The molecule has 3 rings (SSSR count). The number of hydrogen-bond acceptors (Lipinski definition) is 7. The average molecular weight is 472 g/mol. The van der Waals surface area contributed by atoms with E-state index in [9.17, 15) is 10.3 Å². The first-order chi connectivity index (χ1) is 16.1. The molecule has 0 saturated carbocycles. The Bertz CT molecular complexity index is 911. The molecule has 9 heteroatoms. The van der Waals surface area contributed by atoms with Gasteiger partial charge in [-0.3, -0.25) is 4.79 Å². The smallest absolute Gasteiger partial charge is 0.303 e. The lowest BCUT2D eigenvalue weighted by Gasteiger charge is -2.44. The number of esters is 1. The highest BCUT2D eigenvalue weighted by molar-refractivity contribution is 7.99. The molecule has 0 spiro atoms. The molecule has 5 unspecified atom stereocenters. The predicted octanol–water partition coefficient (Wildman–Crippen LogP) is 4.88. The lowest BCUT2D eigenvalue weighted by molar-refractivity contribution is -0.209. The second-order valence-electron chi connectivity index (χ2n) is 7.53. The Morgan fingerprint density at radius 3 is 2.27 bits per heavy atom. The number of azide groups is 1. The van der Waals surface area contributed by atoms with Crippen molar-refractivity contribution >= 4 is 17.7 Å². The van der Waals surface area contributed by atoms with E-state index in [1.807, 2.05) is 67.6 Å². The molecule has 1 heterocycles. The van der Waals surface area contributed by atoms with Crippen molar-refractivity contribution in [3.63, 3.8) is 0 Å². The number of nitrogens with zero attached hydrogens (tertiary/aromatic N) is 3. The van der Waals surface area contributed by atoms with E-state index >= 15 is 0 Å². The summed E-state index contributed by atoms with van der Waals surface area (Å²) >= 11 is 1.52.